The van der Waals surface area contributed by atoms with E-state index < -0.39 is 0 Å². The van der Waals surface area contributed by atoms with Crippen molar-refractivity contribution in [3.63, 3.8) is 0 Å². The molecule has 1 heterocycles. The number of hydrogen-bond donors (Lipinski definition) is 2. The molecule has 1 aromatic heterocycles. The van der Waals surface area contributed by atoms with Gasteiger partial charge in [-0.2, -0.15) is 0 Å². The smallest absolute Gasteiger partial charge is 0.223 e. The number of aliphatic hydroxyl groups excluding tert-OH is 1. The van der Waals surface area contributed by atoms with Crippen molar-refractivity contribution in [1.82, 2.24) is 5.32 Å². The van der Waals surface area contributed by atoms with E-state index in [1.165, 1.54) is 0 Å². The Morgan fingerprint density at radius 2 is 2.17 bits per heavy atom. The normalized spacial score (nSPS) is 21.1. The standard InChI is InChI=1S/C18H20ClNO3/c19-14-5-1-3-12(9-14)17-8-7-16(23-17)11-20-18(22)13-4-2-6-15(21)10-13/h1,3,5,7-9,13,15,21H,2,4,6,10-11H2,(H,20,22)/t13-,15+/m0/s1. The quantitative estimate of drug-likeness (QED) is 0.895. The summed E-state index contributed by atoms with van der Waals surface area (Å²) < 4.78 is 5.76. The lowest BCUT2D eigenvalue weighted by molar-refractivity contribution is -0.127. The highest BCUT2D eigenvalue weighted by atomic mass is 35.5. The Balaban J connectivity index is 1.58. The third-order valence-corrected chi connectivity index (χ3v) is 4.46. The van der Waals surface area contributed by atoms with Crippen molar-refractivity contribution >= 4 is 17.5 Å². The van der Waals surface area contributed by atoms with Gasteiger partial charge in [0.2, 0.25) is 5.91 Å². The van der Waals surface area contributed by atoms with Gasteiger partial charge in [-0.3, -0.25) is 4.79 Å². The van der Waals surface area contributed by atoms with Crippen LogP contribution in [0.4, 0.5) is 0 Å². The molecule has 1 amide bonds. The second-order valence-electron chi connectivity index (χ2n) is 6.01. The molecule has 0 bridgehead atoms. The fourth-order valence-electron chi connectivity index (χ4n) is 2.99. The highest BCUT2D eigenvalue weighted by Gasteiger charge is 2.25. The predicted octanol–water partition coefficient (Wildman–Crippen LogP) is 3.77. The van der Waals surface area contributed by atoms with Crippen molar-refractivity contribution in [2.45, 2.75) is 38.3 Å². The van der Waals surface area contributed by atoms with Gasteiger partial charge in [-0.25, -0.2) is 0 Å². The van der Waals surface area contributed by atoms with E-state index in [0.29, 0.717) is 23.7 Å². The zero-order chi connectivity index (χ0) is 16.2. The van der Waals surface area contributed by atoms with Gasteiger partial charge in [0.1, 0.15) is 11.5 Å². The van der Waals surface area contributed by atoms with Crippen LogP contribution in [0.2, 0.25) is 5.02 Å². The average Bonchev–Trinajstić information content (AvgIpc) is 3.01. The molecule has 0 unspecified atom stereocenters. The minimum atomic E-state index is -0.349. The topological polar surface area (TPSA) is 62.5 Å². The molecule has 0 spiro atoms. The molecule has 4 nitrogen and oxygen atoms in total. The Hall–Kier alpha value is -1.78. The third kappa shape index (κ3) is 4.15. The van der Waals surface area contributed by atoms with E-state index >= 15 is 0 Å². The number of benzene rings is 1. The summed E-state index contributed by atoms with van der Waals surface area (Å²) in [6.07, 6.45) is 2.74. The van der Waals surface area contributed by atoms with Crippen molar-refractivity contribution < 1.29 is 14.3 Å². The van der Waals surface area contributed by atoms with E-state index in [4.69, 9.17) is 16.0 Å². The van der Waals surface area contributed by atoms with Crippen LogP contribution >= 0.6 is 11.6 Å². The zero-order valence-corrected chi connectivity index (χ0v) is 13.6. The van der Waals surface area contributed by atoms with Crippen molar-refractivity contribution in [3.05, 3.63) is 47.2 Å². The maximum absolute atomic E-state index is 12.2. The van der Waals surface area contributed by atoms with Crippen LogP contribution in [0.5, 0.6) is 0 Å². The monoisotopic (exact) mass is 333 g/mol. The summed E-state index contributed by atoms with van der Waals surface area (Å²) >= 11 is 5.98. The van der Waals surface area contributed by atoms with Crippen molar-refractivity contribution in [3.8, 4) is 11.3 Å². The number of hydrogen-bond acceptors (Lipinski definition) is 3. The van der Waals surface area contributed by atoms with Gasteiger partial charge in [-0.1, -0.05) is 30.2 Å². The van der Waals surface area contributed by atoms with Crippen LogP contribution in [-0.2, 0) is 11.3 Å². The van der Waals surface area contributed by atoms with Gasteiger partial charge in [0.15, 0.2) is 0 Å². The molecule has 5 heteroatoms. The van der Waals surface area contributed by atoms with Crippen molar-refractivity contribution in [2.24, 2.45) is 5.92 Å². The van der Waals surface area contributed by atoms with Crippen LogP contribution in [0.3, 0.4) is 0 Å². The Kier molecular flexibility index (Phi) is 5.03. The van der Waals surface area contributed by atoms with Gasteiger partial charge in [-0.05, 0) is 43.5 Å². The Bertz CT molecular complexity index is 682. The second-order valence-corrected chi connectivity index (χ2v) is 6.45. The Morgan fingerprint density at radius 1 is 1.30 bits per heavy atom. The number of aliphatic hydroxyl groups is 1. The number of rotatable bonds is 4. The highest BCUT2D eigenvalue weighted by Crippen LogP contribution is 2.26. The molecule has 3 rings (SSSR count). The van der Waals surface area contributed by atoms with E-state index in [1.807, 2.05) is 36.4 Å². The molecule has 1 saturated carbocycles. The number of carbonyl (C=O) groups excluding carboxylic acids is 1. The summed E-state index contributed by atoms with van der Waals surface area (Å²) in [5.74, 6) is 1.32. The third-order valence-electron chi connectivity index (χ3n) is 4.22. The van der Waals surface area contributed by atoms with Gasteiger partial charge >= 0.3 is 0 Å². The van der Waals surface area contributed by atoms with Crippen LogP contribution in [0.1, 0.15) is 31.4 Å². The molecule has 0 saturated heterocycles. The Morgan fingerprint density at radius 3 is 2.96 bits per heavy atom. The first-order chi connectivity index (χ1) is 11.1. The summed E-state index contributed by atoms with van der Waals surface area (Å²) in [4.78, 5) is 12.2. The number of furan rings is 1. The van der Waals surface area contributed by atoms with Crippen molar-refractivity contribution in [1.29, 1.82) is 0 Å². The molecule has 23 heavy (non-hydrogen) atoms. The number of amides is 1. The molecular formula is C18H20ClNO3. The van der Waals surface area contributed by atoms with Crippen LogP contribution in [-0.4, -0.2) is 17.1 Å². The van der Waals surface area contributed by atoms with Crippen molar-refractivity contribution in [2.75, 3.05) is 0 Å². The summed E-state index contributed by atoms with van der Waals surface area (Å²) in [5.41, 5.74) is 0.908. The van der Waals surface area contributed by atoms with Crippen LogP contribution in [0.15, 0.2) is 40.8 Å². The number of nitrogens with one attached hydrogen (secondary N) is 1. The van der Waals surface area contributed by atoms with Gasteiger partial charge in [0, 0.05) is 16.5 Å². The molecule has 1 aliphatic rings. The minimum absolute atomic E-state index is 0.00976. The first kappa shape index (κ1) is 16.1. The Labute approximate surface area is 140 Å². The lowest BCUT2D eigenvalue weighted by Gasteiger charge is -2.24. The maximum atomic E-state index is 12.2. The van der Waals surface area contributed by atoms with E-state index in [-0.39, 0.29) is 17.9 Å². The molecule has 2 N–H and O–H groups in total. The minimum Gasteiger partial charge on any atom is -0.459 e. The van der Waals surface area contributed by atoms with Gasteiger partial charge in [0.05, 0.1) is 12.6 Å². The summed E-state index contributed by atoms with van der Waals surface area (Å²) in [7, 11) is 0. The SMILES string of the molecule is O=C(NCc1ccc(-c2cccc(Cl)c2)o1)[C@H]1CCC[C@@H](O)C1. The van der Waals surface area contributed by atoms with E-state index in [2.05, 4.69) is 5.32 Å². The largest absolute Gasteiger partial charge is 0.459 e. The first-order valence-corrected chi connectivity index (χ1v) is 8.30. The highest BCUT2D eigenvalue weighted by molar-refractivity contribution is 6.30. The lowest BCUT2D eigenvalue weighted by Crippen LogP contribution is -2.34. The fraction of sp³-hybridized carbons (Fsp3) is 0.389. The van der Waals surface area contributed by atoms with Crippen LogP contribution in [0.25, 0.3) is 11.3 Å². The molecule has 2 atom stereocenters. The molecule has 0 radical (unpaired) electrons. The zero-order valence-electron chi connectivity index (χ0n) is 12.8. The molecule has 0 aliphatic heterocycles. The molecule has 1 aromatic carbocycles. The van der Waals surface area contributed by atoms with E-state index in [0.717, 1.165) is 30.6 Å². The summed E-state index contributed by atoms with van der Waals surface area (Å²) in [6.45, 7) is 0.353. The summed E-state index contributed by atoms with van der Waals surface area (Å²) in [5, 5.41) is 13.2. The number of carbonyl (C=O) groups is 1. The molecule has 1 fully saturated rings. The van der Waals surface area contributed by atoms with Gasteiger partial charge in [-0.15, -0.1) is 0 Å². The fourth-order valence-corrected chi connectivity index (χ4v) is 3.18. The number of halogens is 1. The molecule has 2 aromatic rings. The van der Waals surface area contributed by atoms with E-state index in [9.17, 15) is 9.90 Å². The molecule has 1 aliphatic carbocycles. The second kappa shape index (κ2) is 7.20. The van der Waals surface area contributed by atoms with Gasteiger partial charge < -0.3 is 14.8 Å². The van der Waals surface area contributed by atoms with Crippen LogP contribution < -0.4 is 5.32 Å². The molecule has 122 valence electrons. The lowest BCUT2D eigenvalue weighted by atomic mass is 9.87. The maximum Gasteiger partial charge on any atom is 0.223 e. The molecular weight excluding hydrogens is 314 g/mol. The van der Waals surface area contributed by atoms with Crippen LogP contribution in [0, 0.1) is 5.92 Å². The average molecular weight is 334 g/mol. The van der Waals surface area contributed by atoms with Gasteiger partial charge in [0.25, 0.3) is 0 Å². The van der Waals surface area contributed by atoms with E-state index in [1.54, 1.807) is 0 Å². The first-order valence-electron chi connectivity index (χ1n) is 7.92. The predicted molar refractivity (Wildman–Crippen MR) is 89.0 cm³/mol. The summed E-state index contributed by atoms with van der Waals surface area (Å²) in [6, 6.07) is 11.2.